The summed E-state index contributed by atoms with van der Waals surface area (Å²) in [6.07, 6.45) is 2.16. The van der Waals surface area contributed by atoms with Gasteiger partial charge in [0.25, 0.3) is 0 Å². The lowest BCUT2D eigenvalue weighted by molar-refractivity contribution is 0.409. The van der Waals surface area contributed by atoms with Gasteiger partial charge < -0.3 is 15.3 Å². The maximum atomic E-state index is 10.2. The number of pyridine rings is 1. The van der Waals surface area contributed by atoms with E-state index in [1.165, 1.54) is 0 Å². The highest BCUT2D eigenvalue weighted by Crippen LogP contribution is 2.33. The number of nitrogens with one attached hydrogen (secondary N) is 1. The molecular weight excluding hydrogens is 416 g/mol. The van der Waals surface area contributed by atoms with Crippen LogP contribution in [0, 0.1) is 5.41 Å². The largest absolute Gasteiger partial charge is 0.512 e. The quantitative estimate of drug-likeness (QED) is 0.303. The Hall–Kier alpha value is -4.33. The summed E-state index contributed by atoms with van der Waals surface area (Å²) in [6.45, 7) is 3.19. The minimum absolute atomic E-state index is 0.0496. The van der Waals surface area contributed by atoms with E-state index < -0.39 is 0 Å². The van der Waals surface area contributed by atoms with Gasteiger partial charge in [0.15, 0.2) is 5.65 Å². The summed E-state index contributed by atoms with van der Waals surface area (Å²) in [7, 11) is 1.56. The van der Waals surface area contributed by atoms with Crippen molar-refractivity contribution in [3.63, 3.8) is 0 Å². The van der Waals surface area contributed by atoms with Crippen LogP contribution in [-0.2, 0) is 6.42 Å². The molecule has 0 radical (unpaired) electrons. The van der Waals surface area contributed by atoms with E-state index in [1.807, 2.05) is 46.9 Å². The Morgan fingerprint density at radius 2 is 1.88 bits per heavy atom. The van der Waals surface area contributed by atoms with Crippen molar-refractivity contribution in [3.05, 3.63) is 77.6 Å². The van der Waals surface area contributed by atoms with Crippen molar-refractivity contribution in [2.75, 3.05) is 7.11 Å². The van der Waals surface area contributed by atoms with Crippen molar-refractivity contribution in [2.24, 2.45) is 0 Å². The maximum absolute atomic E-state index is 10.2. The molecule has 164 valence electrons. The van der Waals surface area contributed by atoms with Crippen molar-refractivity contribution in [1.82, 2.24) is 24.6 Å². The van der Waals surface area contributed by atoms with E-state index in [2.05, 4.69) is 21.2 Å². The number of benzene rings is 2. The highest BCUT2D eigenvalue weighted by Gasteiger charge is 2.18. The third-order valence-corrected chi connectivity index (χ3v) is 5.61. The van der Waals surface area contributed by atoms with E-state index in [0.29, 0.717) is 34.5 Å². The van der Waals surface area contributed by atoms with Gasteiger partial charge in [-0.2, -0.15) is 0 Å². The number of methoxy groups -OCH3 is 1. The number of aliphatic hydroxyl groups excluding tert-OH is 1. The average Bonchev–Trinajstić information content (AvgIpc) is 3.21. The van der Waals surface area contributed by atoms with E-state index in [4.69, 9.17) is 15.1 Å². The molecule has 5 aromatic rings. The number of para-hydroxylation sites is 1. The van der Waals surface area contributed by atoms with Crippen molar-refractivity contribution < 1.29 is 9.84 Å². The average molecular weight is 438 g/mol. The van der Waals surface area contributed by atoms with Crippen LogP contribution >= 0.6 is 0 Å². The molecule has 3 heterocycles. The van der Waals surface area contributed by atoms with Crippen LogP contribution < -0.4 is 4.74 Å². The van der Waals surface area contributed by atoms with E-state index in [9.17, 15) is 5.11 Å². The Kier molecular flexibility index (Phi) is 4.97. The van der Waals surface area contributed by atoms with Gasteiger partial charge in [0.05, 0.1) is 42.0 Å². The fourth-order valence-electron chi connectivity index (χ4n) is 4.16. The first-order chi connectivity index (χ1) is 16.0. The zero-order valence-electron chi connectivity index (χ0n) is 18.5. The van der Waals surface area contributed by atoms with Gasteiger partial charge in [-0.05, 0) is 32.0 Å². The highest BCUT2D eigenvalue weighted by molar-refractivity contribution is 6.22. The number of aromatic nitrogens is 5. The number of rotatable bonds is 5. The first-order valence-electron chi connectivity index (χ1n) is 10.5. The Labute approximate surface area is 189 Å². The molecule has 0 saturated carbocycles. The second-order valence-electron chi connectivity index (χ2n) is 7.87. The molecule has 8 nitrogen and oxygen atoms in total. The predicted octanol–water partition coefficient (Wildman–Crippen LogP) is 4.75. The third-order valence-electron chi connectivity index (χ3n) is 5.61. The number of allylic oxidation sites excluding steroid dienone is 2. The molecule has 5 rings (SSSR count). The molecule has 0 aliphatic carbocycles. The Balaban J connectivity index is 1.68. The van der Waals surface area contributed by atoms with E-state index in [0.717, 1.165) is 27.9 Å². The second-order valence-corrected chi connectivity index (χ2v) is 7.87. The molecule has 8 heteroatoms. The fraction of sp³-hybridized carbons (Fsp3) is 0.160. The number of hydrogen-bond acceptors (Lipinski definition) is 7. The Bertz CT molecular complexity index is 1580. The Morgan fingerprint density at radius 3 is 2.64 bits per heavy atom. The van der Waals surface area contributed by atoms with Gasteiger partial charge in [-0.15, -0.1) is 10.2 Å². The van der Waals surface area contributed by atoms with Gasteiger partial charge in [0, 0.05) is 34.0 Å². The van der Waals surface area contributed by atoms with Gasteiger partial charge in [0.1, 0.15) is 11.6 Å². The van der Waals surface area contributed by atoms with Crippen LogP contribution in [0.25, 0.3) is 33.2 Å². The minimum atomic E-state index is 0.0496. The molecule has 0 bridgehead atoms. The van der Waals surface area contributed by atoms with Gasteiger partial charge in [-0.25, -0.2) is 0 Å². The molecule has 0 fully saturated rings. The summed E-state index contributed by atoms with van der Waals surface area (Å²) in [6, 6.07) is 15.7. The van der Waals surface area contributed by atoms with Crippen LogP contribution in [0.1, 0.15) is 30.9 Å². The SMILES string of the molecule is COc1cc2c(cc1/C(C(C)=N)=C(\C)O)ncc1nnc(Cc3ccc4ccccc4n3)n12. The monoisotopic (exact) mass is 438 g/mol. The molecule has 0 aliphatic heterocycles. The van der Waals surface area contributed by atoms with Crippen molar-refractivity contribution in [1.29, 1.82) is 5.41 Å². The molecule has 2 aromatic carbocycles. The van der Waals surface area contributed by atoms with Crippen molar-refractivity contribution >= 4 is 38.9 Å². The normalized spacial score (nSPS) is 12.3. The van der Waals surface area contributed by atoms with Crippen LogP contribution in [0.5, 0.6) is 5.75 Å². The first-order valence-corrected chi connectivity index (χ1v) is 10.5. The highest BCUT2D eigenvalue weighted by atomic mass is 16.5. The lowest BCUT2D eigenvalue weighted by Crippen LogP contribution is -2.04. The maximum Gasteiger partial charge on any atom is 0.179 e. The summed E-state index contributed by atoms with van der Waals surface area (Å²) in [4.78, 5) is 9.31. The Morgan fingerprint density at radius 1 is 1.06 bits per heavy atom. The fourth-order valence-corrected chi connectivity index (χ4v) is 4.16. The van der Waals surface area contributed by atoms with Crippen LogP contribution in [0.2, 0.25) is 0 Å². The molecule has 2 N–H and O–H groups in total. The van der Waals surface area contributed by atoms with Gasteiger partial charge >= 0.3 is 0 Å². The number of ether oxygens (including phenoxy) is 1. The summed E-state index contributed by atoms with van der Waals surface area (Å²) in [5.41, 5.74) is 5.14. The second kappa shape index (κ2) is 7.98. The van der Waals surface area contributed by atoms with Crippen molar-refractivity contribution in [3.8, 4) is 5.75 Å². The van der Waals surface area contributed by atoms with E-state index >= 15 is 0 Å². The zero-order chi connectivity index (χ0) is 23.1. The topological polar surface area (TPSA) is 109 Å². The molecule has 0 unspecified atom stereocenters. The lowest BCUT2D eigenvalue weighted by atomic mass is 9.99. The molecule has 3 aromatic heterocycles. The number of aliphatic hydroxyl groups is 1. The minimum Gasteiger partial charge on any atom is -0.512 e. The molecular formula is C25H22N6O2. The van der Waals surface area contributed by atoms with Gasteiger partial charge in [0.2, 0.25) is 0 Å². The summed E-state index contributed by atoms with van der Waals surface area (Å²) >= 11 is 0. The van der Waals surface area contributed by atoms with Crippen LogP contribution in [0.15, 0.2) is 60.5 Å². The first kappa shape index (κ1) is 20.6. The number of hydrogen-bond donors (Lipinski definition) is 2. The van der Waals surface area contributed by atoms with Crippen LogP contribution in [0.4, 0.5) is 0 Å². The predicted molar refractivity (Wildman–Crippen MR) is 128 cm³/mol. The van der Waals surface area contributed by atoms with Gasteiger partial charge in [-0.3, -0.25) is 14.4 Å². The molecule has 0 spiro atoms. The molecule has 0 atom stereocenters. The molecule has 0 saturated heterocycles. The summed E-state index contributed by atoms with van der Waals surface area (Å²) in [5.74, 6) is 1.30. The number of nitrogens with zero attached hydrogens (tertiary/aromatic N) is 5. The van der Waals surface area contributed by atoms with Crippen molar-refractivity contribution in [2.45, 2.75) is 20.3 Å². The third kappa shape index (κ3) is 3.55. The van der Waals surface area contributed by atoms with E-state index in [1.54, 1.807) is 27.2 Å². The van der Waals surface area contributed by atoms with E-state index in [-0.39, 0.29) is 11.5 Å². The summed E-state index contributed by atoms with van der Waals surface area (Å²) < 4.78 is 7.57. The molecule has 0 aliphatic rings. The molecule has 33 heavy (non-hydrogen) atoms. The van der Waals surface area contributed by atoms with Crippen LogP contribution in [0.3, 0.4) is 0 Å². The molecule has 0 amide bonds. The van der Waals surface area contributed by atoms with Crippen LogP contribution in [-0.4, -0.2) is 42.5 Å². The zero-order valence-corrected chi connectivity index (χ0v) is 18.5. The summed E-state index contributed by atoms with van der Waals surface area (Å²) in [5, 5.41) is 28.1. The smallest absolute Gasteiger partial charge is 0.179 e. The standard InChI is InChI=1S/C25H22N6O2/c1-14(26)25(15(2)32)18-11-20-21(12-22(18)33-3)31-23(29-30-24(31)13-27-20)10-17-9-8-16-6-4-5-7-19(16)28-17/h4-9,11-13,26,32H,10H2,1-3H3/b25-15+,26-14?. The lowest BCUT2D eigenvalue weighted by Gasteiger charge is -2.14. The van der Waals surface area contributed by atoms with Gasteiger partial charge in [-0.1, -0.05) is 24.3 Å². The number of fused-ring (bicyclic) bond motifs is 4.